The summed E-state index contributed by atoms with van der Waals surface area (Å²) in [6, 6.07) is 8.56. The molecule has 0 amide bonds. The molecule has 2 rings (SSSR count). The van der Waals surface area contributed by atoms with Crippen LogP contribution in [0.25, 0.3) is 0 Å². The van der Waals surface area contributed by atoms with Gasteiger partial charge in [0.05, 0.1) is 25.9 Å². The van der Waals surface area contributed by atoms with Gasteiger partial charge in [0, 0.05) is 6.04 Å². The molecule has 3 N–H and O–H groups in total. The van der Waals surface area contributed by atoms with Crippen LogP contribution in [0.15, 0.2) is 24.3 Å². The second-order valence-corrected chi connectivity index (χ2v) is 5.66. The van der Waals surface area contributed by atoms with Crippen LogP contribution in [0.1, 0.15) is 31.2 Å². The zero-order valence-corrected chi connectivity index (χ0v) is 11.6. The van der Waals surface area contributed by atoms with E-state index in [2.05, 4.69) is 17.4 Å². The number of ether oxygens (including phenoxy) is 1. The molecule has 1 saturated carbocycles. The zero-order chi connectivity index (χ0) is 13.9. The first-order chi connectivity index (χ1) is 9.10. The summed E-state index contributed by atoms with van der Waals surface area (Å²) in [5.41, 5.74) is 0.753. The molecule has 0 aromatic heterocycles. The van der Waals surface area contributed by atoms with Crippen LogP contribution in [0.4, 0.5) is 0 Å². The van der Waals surface area contributed by atoms with Gasteiger partial charge in [0.1, 0.15) is 5.75 Å². The molecule has 0 aliphatic heterocycles. The summed E-state index contributed by atoms with van der Waals surface area (Å²) in [7, 11) is 1.67. The predicted octanol–water partition coefficient (Wildman–Crippen LogP) is 1.27. The van der Waals surface area contributed by atoms with Gasteiger partial charge in [-0.05, 0) is 43.4 Å². The summed E-state index contributed by atoms with van der Waals surface area (Å²) in [4.78, 5) is 0. The van der Waals surface area contributed by atoms with Crippen molar-refractivity contribution in [2.75, 3.05) is 20.3 Å². The molecular formula is C15H23NO3. The van der Waals surface area contributed by atoms with E-state index in [9.17, 15) is 10.2 Å². The normalized spacial score (nSPS) is 22.9. The summed E-state index contributed by atoms with van der Waals surface area (Å²) >= 11 is 0. The zero-order valence-electron chi connectivity index (χ0n) is 11.6. The lowest BCUT2D eigenvalue weighted by atomic mass is 9.75. The molecule has 1 aliphatic rings. The van der Waals surface area contributed by atoms with E-state index >= 15 is 0 Å². The van der Waals surface area contributed by atoms with Crippen molar-refractivity contribution < 1.29 is 14.9 Å². The Kier molecular flexibility index (Phi) is 4.45. The van der Waals surface area contributed by atoms with Crippen molar-refractivity contribution in [2.24, 2.45) is 0 Å². The van der Waals surface area contributed by atoms with E-state index in [1.54, 1.807) is 7.11 Å². The van der Waals surface area contributed by atoms with Crippen molar-refractivity contribution in [1.82, 2.24) is 5.32 Å². The second-order valence-electron chi connectivity index (χ2n) is 5.66. The van der Waals surface area contributed by atoms with E-state index in [0.717, 1.165) is 18.6 Å². The maximum atomic E-state index is 9.26. The Labute approximate surface area is 114 Å². The minimum Gasteiger partial charge on any atom is -0.497 e. The maximum absolute atomic E-state index is 9.26. The highest BCUT2D eigenvalue weighted by molar-refractivity contribution is 5.31. The topological polar surface area (TPSA) is 61.7 Å². The van der Waals surface area contributed by atoms with Gasteiger partial charge in [-0.3, -0.25) is 0 Å². The van der Waals surface area contributed by atoms with Crippen LogP contribution >= 0.6 is 0 Å². The first-order valence-electron chi connectivity index (χ1n) is 6.73. The van der Waals surface area contributed by atoms with E-state index in [4.69, 9.17) is 4.74 Å². The van der Waals surface area contributed by atoms with Crippen molar-refractivity contribution in [3.8, 4) is 5.75 Å². The number of aliphatic hydroxyl groups is 2. The molecule has 0 radical (unpaired) electrons. The smallest absolute Gasteiger partial charge is 0.118 e. The third-order valence-corrected chi connectivity index (χ3v) is 3.98. The van der Waals surface area contributed by atoms with Gasteiger partial charge in [0.15, 0.2) is 0 Å². The second kappa shape index (κ2) is 5.90. The number of rotatable bonds is 6. The molecule has 0 heterocycles. The Morgan fingerprint density at radius 2 is 1.79 bits per heavy atom. The average Bonchev–Trinajstić information content (AvgIpc) is 2.42. The monoisotopic (exact) mass is 265 g/mol. The lowest BCUT2D eigenvalue weighted by Crippen LogP contribution is -2.56. The van der Waals surface area contributed by atoms with Crippen LogP contribution in [-0.4, -0.2) is 42.1 Å². The Balaban J connectivity index is 1.85. The van der Waals surface area contributed by atoms with Gasteiger partial charge in [-0.15, -0.1) is 0 Å². The SMILES string of the molecule is COc1ccc(C2CC(NC(C)(CO)CO)C2)cc1. The van der Waals surface area contributed by atoms with Crippen molar-refractivity contribution in [2.45, 2.75) is 37.3 Å². The van der Waals surface area contributed by atoms with Crippen LogP contribution in [0.5, 0.6) is 5.75 Å². The molecule has 0 unspecified atom stereocenters. The van der Waals surface area contributed by atoms with E-state index in [1.807, 2.05) is 19.1 Å². The van der Waals surface area contributed by atoms with Crippen LogP contribution < -0.4 is 10.1 Å². The predicted molar refractivity (Wildman–Crippen MR) is 74.5 cm³/mol. The third-order valence-electron chi connectivity index (χ3n) is 3.98. The van der Waals surface area contributed by atoms with Gasteiger partial charge in [-0.25, -0.2) is 0 Å². The molecule has 4 heteroatoms. The fourth-order valence-electron chi connectivity index (χ4n) is 2.52. The van der Waals surface area contributed by atoms with Crippen molar-refractivity contribution >= 4 is 0 Å². The number of benzene rings is 1. The minimum atomic E-state index is -0.574. The van der Waals surface area contributed by atoms with Crippen molar-refractivity contribution in [1.29, 1.82) is 0 Å². The third kappa shape index (κ3) is 3.26. The highest BCUT2D eigenvalue weighted by Gasteiger charge is 2.35. The first kappa shape index (κ1) is 14.3. The molecule has 1 aromatic carbocycles. The fraction of sp³-hybridized carbons (Fsp3) is 0.600. The van der Waals surface area contributed by atoms with E-state index in [-0.39, 0.29) is 13.2 Å². The molecule has 4 nitrogen and oxygen atoms in total. The summed E-state index contributed by atoms with van der Waals surface area (Å²) in [6.45, 7) is 1.74. The Hall–Kier alpha value is -1.10. The molecular weight excluding hydrogens is 242 g/mol. The Morgan fingerprint density at radius 1 is 1.21 bits per heavy atom. The lowest BCUT2D eigenvalue weighted by Gasteiger charge is -2.41. The largest absolute Gasteiger partial charge is 0.497 e. The fourth-order valence-corrected chi connectivity index (χ4v) is 2.52. The Morgan fingerprint density at radius 3 is 2.26 bits per heavy atom. The van der Waals surface area contributed by atoms with Gasteiger partial charge in [-0.2, -0.15) is 0 Å². The molecule has 106 valence electrons. The van der Waals surface area contributed by atoms with Gasteiger partial charge in [0.25, 0.3) is 0 Å². The Bertz CT molecular complexity index is 394. The molecule has 1 aromatic rings. The molecule has 1 fully saturated rings. The lowest BCUT2D eigenvalue weighted by molar-refractivity contribution is 0.0780. The summed E-state index contributed by atoms with van der Waals surface area (Å²) in [6.07, 6.45) is 2.09. The maximum Gasteiger partial charge on any atom is 0.118 e. The average molecular weight is 265 g/mol. The summed E-state index contributed by atoms with van der Waals surface area (Å²) in [5, 5.41) is 21.8. The molecule has 0 bridgehead atoms. The molecule has 0 spiro atoms. The van der Waals surface area contributed by atoms with Gasteiger partial charge < -0.3 is 20.3 Å². The van der Waals surface area contributed by atoms with E-state index < -0.39 is 5.54 Å². The van der Waals surface area contributed by atoms with Gasteiger partial charge in [-0.1, -0.05) is 12.1 Å². The number of nitrogens with one attached hydrogen (secondary N) is 1. The number of hydrogen-bond donors (Lipinski definition) is 3. The molecule has 0 atom stereocenters. The van der Waals surface area contributed by atoms with Gasteiger partial charge in [0.2, 0.25) is 0 Å². The highest BCUT2D eigenvalue weighted by atomic mass is 16.5. The quantitative estimate of drug-likeness (QED) is 0.725. The number of methoxy groups -OCH3 is 1. The van der Waals surface area contributed by atoms with E-state index in [1.165, 1.54) is 5.56 Å². The van der Waals surface area contributed by atoms with Gasteiger partial charge >= 0.3 is 0 Å². The van der Waals surface area contributed by atoms with Crippen LogP contribution in [0.2, 0.25) is 0 Å². The highest BCUT2D eigenvalue weighted by Crippen LogP contribution is 2.38. The number of hydrogen-bond acceptors (Lipinski definition) is 4. The van der Waals surface area contributed by atoms with Crippen LogP contribution in [0, 0.1) is 0 Å². The van der Waals surface area contributed by atoms with Crippen molar-refractivity contribution in [3.05, 3.63) is 29.8 Å². The molecule has 19 heavy (non-hydrogen) atoms. The molecule has 0 saturated heterocycles. The first-order valence-corrected chi connectivity index (χ1v) is 6.73. The van der Waals surface area contributed by atoms with Crippen LogP contribution in [0.3, 0.4) is 0 Å². The summed E-state index contributed by atoms with van der Waals surface area (Å²) < 4.78 is 5.15. The van der Waals surface area contributed by atoms with Crippen LogP contribution in [-0.2, 0) is 0 Å². The summed E-state index contributed by atoms with van der Waals surface area (Å²) in [5.74, 6) is 1.44. The standard InChI is InChI=1S/C15H23NO3/c1-15(9-17,10-18)16-13-7-12(8-13)11-3-5-14(19-2)6-4-11/h3-6,12-13,16-18H,7-10H2,1-2H3. The van der Waals surface area contributed by atoms with Crippen molar-refractivity contribution in [3.63, 3.8) is 0 Å². The number of aliphatic hydroxyl groups excluding tert-OH is 2. The molecule has 1 aliphatic carbocycles. The minimum absolute atomic E-state index is 0.0484. The van der Waals surface area contributed by atoms with E-state index in [0.29, 0.717) is 12.0 Å².